The van der Waals surface area contributed by atoms with Gasteiger partial charge in [0.15, 0.2) is 11.6 Å². The van der Waals surface area contributed by atoms with Gasteiger partial charge in [-0.05, 0) is 59.9 Å². The molecule has 2 aliphatic heterocycles. The number of ether oxygens (including phenoxy) is 3. The molecule has 0 saturated carbocycles. The number of amidine groups is 1. The summed E-state index contributed by atoms with van der Waals surface area (Å²) >= 11 is 0. The number of nitrogens with two attached hydrogens (primary N) is 1. The molecule has 0 spiro atoms. The van der Waals surface area contributed by atoms with Crippen LogP contribution in [0.5, 0.6) is 11.5 Å². The van der Waals surface area contributed by atoms with E-state index in [1.807, 2.05) is 44.2 Å². The quantitative estimate of drug-likeness (QED) is 0.336. The largest absolute Gasteiger partial charge is 0.466 e. The van der Waals surface area contributed by atoms with Gasteiger partial charge in [-0.25, -0.2) is 4.39 Å². The summed E-state index contributed by atoms with van der Waals surface area (Å²) in [5, 5.41) is 7.39. The third-order valence-corrected chi connectivity index (χ3v) is 5.99. The minimum atomic E-state index is -0.409. The smallest absolute Gasteiger partial charge is 0.278 e. The molecule has 0 saturated heterocycles. The highest BCUT2D eigenvalue weighted by Gasteiger charge is 2.31. The van der Waals surface area contributed by atoms with E-state index in [4.69, 9.17) is 25.4 Å². The minimum absolute atomic E-state index is 0.195. The Hall–Kier alpha value is -3.71. The molecule has 3 heterocycles. The molecule has 1 atom stereocenters. The fourth-order valence-corrected chi connectivity index (χ4v) is 4.43. The first-order valence-corrected chi connectivity index (χ1v) is 11.9. The molecule has 35 heavy (non-hydrogen) atoms. The van der Waals surface area contributed by atoms with Gasteiger partial charge in [-0.15, -0.1) is 0 Å². The lowest BCUT2D eigenvalue weighted by Crippen LogP contribution is -2.19. The average molecular weight is 476 g/mol. The maximum absolute atomic E-state index is 15.3. The topological polar surface area (TPSA) is 90.5 Å². The molecule has 1 unspecified atom stereocenters. The number of aromatic nitrogens is 1. The van der Waals surface area contributed by atoms with Crippen LogP contribution in [0.2, 0.25) is 0 Å². The Morgan fingerprint density at radius 1 is 1.14 bits per heavy atom. The molecular formula is C28H30FN3O3. The summed E-state index contributed by atoms with van der Waals surface area (Å²) in [6.07, 6.45) is 6.95. The van der Waals surface area contributed by atoms with Crippen LogP contribution in [-0.4, -0.2) is 30.8 Å². The molecule has 0 amide bonds. The van der Waals surface area contributed by atoms with Crippen LogP contribution < -0.4 is 10.5 Å². The standard InChI is InChI=1S/C26H24FN3O3.C2H6/c27-23-13-19(18-4-2-9-31-15-18)12-22-20(7-10-32-26(28)29)21-11-16(17-3-1-8-30-14-17)5-6-24(21)33-25(22)23;1-2/h1,3-6,8,11-14,20H,2,7,9-10,15H2,(H3,28,29);1-2H3. The summed E-state index contributed by atoms with van der Waals surface area (Å²) < 4.78 is 32.1. The Balaban J connectivity index is 0.00000141. The van der Waals surface area contributed by atoms with Crippen molar-refractivity contribution >= 4 is 11.6 Å². The monoisotopic (exact) mass is 475 g/mol. The zero-order valence-corrected chi connectivity index (χ0v) is 20.0. The molecule has 6 nitrogen and oxygen atoms in total. The summed E-state index contributed by atoms with van der Waals surface area (Å²) in [5.41, 5.74) is 10.8. The van der Waals surface area contributed by atoms with Crippen LogP contribution in [0.15, 0.2) is 60.9 Å². The predicted octanol–water partition coefficient (Wildman–Crippen LogP) is 6.26. The molecule has 1 aromatic heterocycles. The summed E-state index contributed by atoms with van der Waals surface area (Å²) in [4.78, 5) is 4.22. The van der Waals surface area contributed by atoms with E-state index in [9.17, 15) is 0 Å². The molecule has 7 heteroatoms. The third kappa shape index (κ3) is 5.35. The van der Waals surface area contributed by atoms with E-state index in [1.165, 1.54) is 6.07 Å². The lowest BCUT2D eigenvalue weighted by atomic mass is 9.83. The molecule has 0 aliphatic carbocycles. The molecule has 0 fully saturated rings. The van der Waals surface area contributed by atoms with Gasteiger partial charge in [0.05, 0.1) is 19.8 Å². The van der Waals surface area contributed by atoms with Crippen LogP contribution in [0.1, 0.15) is 49.3 Å². The Morgan fingerprint density at radius 2 is 1.97 bits per heavy atom. The first-order valence-electron chi connectivity index (χ1n) is 11.9. The van der Waals surface area contributed by atoms with Gasteiger partial charge in [-0.1, -0.05) is 32.1 Å². The van der Waals surface area contributed by atoms with Crippen molar-refractivity contribution in [1.29, 1.82) is 5.41 Å². The molecule has 182 valence electrons. The van der Waals surface area contributed by atoms with Crippen LogP contribution in [0.25, 0.3) is 16.7 Å². The number of benzene rings is 2. The van der Waals surface area contributed by atoms with Crippen LogP contribution >= 0.6 is 0 Å². The van der Waals surface area contributed by atoms with E-state index in [1.54, 1.807) is 12.4 Å². The van der Waals surface area contributed by atoms with Gasteiger partial charge in [-0.3, -0.25) is 10.4 Å². The zero-order chi connectivity index (χ0) is 24.8. The number of hydrogen-bond acceptors (Lipinski definition) is 5. The van der Waals surface area contributed by atoms with Crippen molar-refractivity contribution < 1.29 is 18.6 Å². The number of halogens is 1. The first-order chi connectivity index (χ1) is 17.1. The molecule has 3 aromatic rings. The molecular weight excluding hydrogens is 445 g/mol. The van der Waals surface area contributed by atoms with Gasteiger partial charge >= 0.3 is 0 Å². The van der Waals surface area contributed by atoms with Gasteiger partial charge in [0.25, 0.3) is 6.02 Å². The first kappa shape index (κ1) is 24.4. The summed E-state index contributed by atoms with van der Waals surface area (Å²) in [5.74, 6) is 0.230. The number of fused-ring (bicyclic) bond motifs is 2. The lowest BCUT2D eigenvalue weighted by molar-refractivity contribution is 0.164. The second kappa shape index (κ2) is 11.1. The van der Waals surface area contributed by atoms with Crippen LogP contribution in [0.4, 0.5) is 4.39 Å². The van der Waals surface area contributed by atoms with E-state index in [-0.39, 0.29) is 24.3 Å². The number of pyridine rings is 1. The Bertz CT molecular complexity index is 1230. The predicted molar refractivity (Wildman–Crippen MR) is 135 cm³/mol. The number of nitrogens with one attached hydrogen (secondary N) is 1. The summed E-state index contributed by atoms with van der Waals surface area (Å²) in [6.45, 7) is 5.36. The summed E-state index contributed by atoms with van der Waals surface area (Å²) in [6, 6.07) is 12.9. The number of nitrogens with zero attached hydrogens (tertiary/aromatic N) is 1. The van der Waals surface area contributed by atoms with Crippen molar-refractivity contribution in [1.82, 2.24) is 4.98 Å². The van der Waals surface area contributed by atoms with Crippen molar-refractivity contribution in [3.63, 3.8) is 0 Å². The second-order valence-corrected chi connectivity index (χ2v) is 8.10. The molecule has 2 aliphatic rings. The highest BCUT2D eigenvalue weighted by molar-refractivity contribution is 5.72. The van der Waals surface area contributed by atoms with Crippen LogP contribution in [-0.2, 0) is 9.47 Å². The van der Waals surface area contributed by atoms with Gasteiger partial charge in [0, 0.05) is 35.0 Å². The van der Waals surface area contributed by atoms with Gasteiger partial charge in [-0.2, -0.15) is 0 Å². The van der Waals surface area contributed by atoms with Crippen LogP contribution in [0, 0.1) is 11.2 Å². The fourth-order valence-electron chi connectivity index (χ4n) is 4.43. The third-order valence-electron chi connectivity index (χ3n) is 5.99. The van der Waals surface area contributed by atoms with Gasteiger partial charge in [0.1, 0.15) is 5.75 Å². The Labute approximate surface area is 205 Å². The van der Waals surface area contributed by atoms with Crippen molar-refractivity contribution in [3.8, 4) is 22.6 Å². The van der Waals surface area contributed by atoms with Crippen molar-refractivity contribution in [3.05, 3.63) is 83.4 Å². The normalized spacial score (nSPS) is 16.0. The zero-order valence-electron chi connectivity index (χ0n) is 20.0. The van der Waals surface area contributed by atoms with Crippen molar-refractivity contribution in [2.75, 3.05) is 19.8 Å². The minimum Gasteiger partial charge on any atom is -0.466 e. The van der Waals surface area contributed by atoms with E-state index in [0.717, 1.165) is 39.8 Å². The van der Waals surface area contributed by atoms with E-state index in [0.29, 0.717) is 25.4 Å². The maximum Gasteiger partial charge on any atom is 0.278 e. The molecule has 5 rings (SSSR count). The van der Waals surface area contributed by atoms with E-state index >= 15 is 4.39 Å². The molecule has 2 aromatic carbocycles. The second-order valence-electron chi connectivity index (χ2n) is 8.10. The Kier molecular flexibility index (Phi) is 7.77. The Morgan fingerprint density at radius 3 is 2.69 bits per heavy atom. The van der Waals surface area contributed by atoms with Crippen molar-refractivity contribution in [2.45, 2.75) is 32.6 Å². The molecule has 0 bridgehead atoms. The lowest BCUT2D eigenvalue weighted by Gasteiger charge is -2.30. The average Bonchev–Trinajstić information content (AvgIpc) is 2.90. The maximum atomic E-state index is 15.3. The fraction of sp³-hybridized carbons (Fsp3) is 0.286. The molecule has 0 radical (unpaired) electrons. The van der Waals surface area contributed by atoms with E-state index in [2.05, 4.69) is 17.1 Å². The highest BCUT2D eigenvalue weighted by Crippen LogP contribution is 2.48. The number of rotatable bonds is 5. The highest BCUT2D eigenvalue weighted by atomic mass is 19.1. The van der Waals surface area contributed by atoms with Gasteiger partial charge < -0.3 is 19.9 Å². The number of hydrogen-bond donors (Lipinski definition) is 2. The van der Waals surface area contributed by atoms with Crippen LogP contribution in [0.3, 0.4) is 0 Å². The van der Waals surface area contributed by atoms with Crippen molar-refractivity contribution in [2.24, 2.45) is 5.73 Å². The summed E-state index contributed by atoms with van der Waals surface area (Å²) in [7, 11) is 0. The molecule has 3 N–H and O–H groups in total. The SMILES string of the molecule is CC.N=C(N)OCCC1c2cc(-c3cccnc3)ccc2Oc2c(F)cc(C3=CCCOC3)cc21. The van der Waals surface area contributed by atoms with Gasteiger partial charge in [0.2, 0.25) is 0 Å². The van der Waals surface area contributed by atoms with E-state index < -0.39 is 5.82 Å².